The van der Waals surface area contributed by atoms with E-state index in [0.717, 1.165) is 51.6 Å². The van der Waals surface area contributed by atoms with Crippen LogP contribution in [0, 0.1) is 11.8 Å². The van der Waals surface area contributed by atoms with Gasteiger partial charge in [-0.05, 0) is 31.6 Å². The molecule has 120 valence electrons. The first-order chi connectivity index (χ1) is 10.0. The Balaban J connectivity index is 1.83. The molecule has 1 heterocycles. The van der Waals surface area contributed by atoms with Crippen molar-refractivity contribution < 1.29 is 9.59 Å². The maximum Gasteiger partial charge on any atom is 0.234 e. The lowest BCUT2D eigenvalue weighted by atomic mass is 9.92. The number of nitrogens with two attached hydrogens (primary N) is 1. The Hall–Kier alpha value is -1.10. The van der Waals surface area contributed by atoms with Gasteiger partial charge in [0, 0.05) is 25.0 Å². The molecule has 5 nitrogen and oxygen atoms in total. The molecule has 5 heteroatoms. The number of amides is 2. The summed E-state index contributed by atoms with van der Waals surface area (Å²) in [5, 5.41) is 3.43. The standard InChI is InChI=1S/C16H29N3O2/c1-3-4-5-14(15(17)20)18-13-8-9-19(10-11(13)2)16(21)12-6-7-12/h11-14,18H,3-10H2,1-2H3,(H2,17,20). The van der Waals surface area contributed by atoms with E-state index >= 15 is 0 Å². The number of hydrogen-bond acceptors (Lipinski definition) is 3. The van der Waals surface area contributed by atoms with Gasteiger partial charge in [0.15, 0.2) is 0 Å². The first-order valence-electron chi connectivity index (χ1n) is 8.37. The second-order valence-corrected chi connectivity index (χ2v) is 6.69. The largest absolute Gasteiger partial charge is 0.368 e. The summed E-state index contributed by atoms with van der Waals surface area (Å²) >= 11 is 0. The number of nitrogens with zero attached hydrogens (tertiary/aromatic N) is 1. The molecule has 0 aromatic rings. The van der Waals surface area contributed by atoms with E-state index in [9.17, 15) is 9.59 Å². The van der Waals surface area contributed by atoms with Crippen LogP contribution in [0.4, 0.5) is 0 Å². The van der Waals surface area contributed by atoms with E-state index in [-0.39, 0.29) is 18.0 Å². The molecular weight excluding hydrogens is 266 g/mol. The number of likely N-dealkylation sites (tertiary alicyclic amines) is 1. The van der Waals surface area contributed by atoms with Gasteiger partial charge in [-0.1, -0.05) is 26.7 Å². The van der Waals surface area contributed by atoms with Crippen LogP contribution in [0.3, 0.4) is 0 Å². The van der Waals surface area contributed by atoms with E-state index in [1.807, 2.05) is 4.90 Å². The highest BCUT2D eigenvalue weighted by molar-refractivity contribution is 5.81. The summed E-state index contributed by atoms with van der Waals surface area (Å²) in [5.41, 5.74) is 5.50. The predicted molar refractivity (Wildman–Crippen MR) is 82.5 cm³/mol. The van der Waals surface area contributed by atoms with Crippen molar-refractivity contribution in [3.05, 3.63) is 0 Å². The number of unbranched alkanes of at least 4 members (excludes halogenated alkanes) is 1. The summed E-state index contributed by atoms with van der Waals surface area (Å²) in [6, 6.07) is 0.0469. The molecule has 0 radical (unpaired) electrons. The molecule has 3 atom stereocenters. The minimum Gasteiger partial charge on any atom is -0.368 e. The summed E-state index contributed by atoms with van der Waals surface area (Å²) in [6.07, 6.45) is 5.91. The van der Waals surface area contributed by atoms with Crippen LogP contribution in [-0.4, -0.2) is 41.9 Å². The number of nitrogens with one attached hydrogen (secondary N) is 1. The first kappa shape index (κ1) is 16.3. The van der Waals surface area contributed by atoms with E-state index in [4.69, 9.17) is 5.73 Å². The lowest BCUT2D eigenvalue weighted by Gasteiger charge is -2.39. The predicted octanol–water partition coefficient (Wildman–Crippen LogP) is 1.27. The molecule has 2 rings (SSSR count). The Morgan fingerprint density at radius 3 is 2.57 bits per heavy atom. The van der Waals surface area contributed by atoms with Crippen molar-refractivity contribution in [2.45, 2.75) is 64.5 Å². The van der Waals surface area contributed by atoms with Gasteiger partial charge in [0.25, 0.3) is 0 Å². The van der Waals surface area contributed by atoms with Crippen LogP contribution in [0.2, 0.25) is 0 Å². The summed E-state index contributed by atoms with van der Waals surface area (Å²) in [6.45, 7) is 5.87. The van der Waals surface area contributed by atoms with Gasteiger partial charge in [0.1, 0.15) is 0 Å². The maximum absolute atomic E-state index is 12.1. The summed E-state index contributed by atoms with van der Waals surface area (Å²) in [5.74, 6) is 0.736. The van der Waals surface area contributed by atoms with Crippen molar-refractivity contribution in [3.63, 3.8) is 0 Å². The van der Waals surface area contributed by atoms with Gasteiger partial charge in [0.2, 0.25) is 11.8 Å². The van der Waals surface area contributed by atoms with E-state index < -0.39 is 0 Å². The number of piperidine rings is 1. The highest BCUT2D eigenvalue weighted by Crippen LogP contribution is 2.32. The Kier molecular flexibility index (Phi) is 5.62. The highest BCUT2D eigenvalue weighted by atomic mass is 16.2. The van der Waals surface area contributed by atoms with Crippen LogP contribution in [-0.2, 0) is 9.59 Å². The summed E-state index contributed by atoms with van der Waals surface area (Å²) in [7, 11) is 0. The molecule has 0 bridgehead atoms. The molecule has 1 saturated carbocycles. The number of carbonyl (C=O) groups is 2. The van der Waals surface area contributed by atoms with E-state index in [1.165, 1.54) is 0 Å². The van der Waals surface area contributed by atoms with E-state index in [0.29, 0.717) is 17.7 Å². The first-order valence-corrected chi connectivity index (χ1v) is 8.37. The molecule has 2 fully saturated rings. The molecule has 21 heavy (non-hydrogen) atoms. The van der Waals surface area contributed by atoms with Gasteiger partial charge in [-0.2, -0.15) is 0 Å². The SMILES string of the molecule is CCCCC(NC1CCN(C(=O)C2CC2)CC1C)C(N)=O. The number of rotatable bonds is 7. The fourth-order valence-electron chi connectivity index (χ4n) is 3.16. The minimum atomic E-state index is -0.257. The molecule has 0 aromatic carbocycles. The van der Waals surface area contributed by atoms with Crippen molar-refractivity contribution in [1.82, 2.24) is 10.2 Å². The molecule has 2 aliphatic rings. The average molecular weight is 295 g/mol. The quantitative estimate of drug-likeness (QED) is 0.742. The number of hydrogen-bond donors (Lipinski definition) is 2. The zero-order valence-electron chi connectivity index (χ0n) is 13.3. The van der Waals surface area contributed by atoms with Gasteiger partial charge >= 0.3 is 0 Å². The number of primary amides is 1. The molecule has 3 unspecified atom stereocenters. The second kappa shape index (κ2) is 7.25. The van der Waals surface area contributed by atoms with Crippen LogP contribution >= 0.6 is 0 Å². The normalized spacial score (nSPS) is 27.4. The lowest BCUT2D eigenvalue weighted by molar-refractivity contribution is -0.135. The van der Waals surface area contributed by atoms with Gasteiger partial charge in [0.05, 0.1) is 6.04 Å². The van der Waals surface area contributed by atoms with Crippen LogP contribution < -0.4 is 11.1 Å². The Bertz CT molecular complexity index is 382. The third-order valence-corrected chi connectivity index (χ3v) is 4.75. The van der Waals surface area contributed by atoms with Crippen molar-refractivity contribution in [1.29, 1.82) is 0 Å². The van der Waals surface area contributed by atoms with Crippen LogP contribution in [0.15, 0.2) is 0 Å². The smallest absolute Gasteiger partial charge is 0.234 e. The monoisotopic (exact) mass is 295 g/mol. The molecular formula is C16H29N3O2. The topological polar surface area (TPSA) is 75.4 Å². The molecule has 0 spiro atoms. The van der Waals surface area contributed by atoms with Crippen LogP contribution in [0.1, 0.15) is 52.4 Å². The van der Waals surface area contributed by atoms with E-state index in [2.05, 4.69) is 19.2 Å². The van der Waals surface area contributed by atoms with Crippen molar-refractivity contribution in [3.8, 4) is 0 Å². The van der Waals surface area contributed by atoms with Crippen molar-refractivity contribution >= 4 is 11.8 Å². The molecule has 0 aromatic heterocycles. The highest BCUT2D eigenvalue weighted by Gasteiger charge is 2.37. The number of carbonyl (C=O) groups excluding carboxylic acids is 2. The third kappa shape index (κ3) is 4.43. The fraction of sp³-hybridized carbons (Fsp3) is 0.875. The van der Waals surface area contributed by atoms with Crippen LogP contribution in [0.5, 0.6) is 0 Å². The molecule has 1 saturated heterocycles. The van der Waals surface area contributed by atoms with Gasteiger partial charge < -0.3 is 16.0 Å². The molecule has 3 N–H and O–H groups in total. The molecule has 1 aliphatic heterocycles. The van der Waals surface area contributed by atoms with Crippen LogP contribution in [0.25, 0.3) is 0 Å². The second-order valence-electron chi connectivity index (χ2n) is 6.69. The minimum absolute atomic E-state index is 0.233. The molecule has 1 aliphatic carbocycles. The van der Waals surface area contributed by atoms with E-state index in [1.54, 1.807) is 0 Å². The Morgan fingerprint density at radius 1 is 1.33 bits per heavy atom. The van der Waals surface area contributed by atoms with Gasteiger partial charge in [-0.3, -0.25) is 9.59 Å². The average Bonchev–Trinajstić information content (AvgIpc) is 3.28. The summed E-state index contributed by atoms with van der Waals surface area (Å²) in [4.78, 5) is 25.7. The fourth-order valence-corrected chi connectivity index (χ4v) is 3.16. The Labute approximate surface area is 127 Å². The Morgan fingerprint density at radius 2 is 2.05 bits per heavy atom. The van der Waals surface area contributed by atoms with Gasteiger partial charge in [-0.15, -0.1) is 0 Å². The zero-order chi connectivity index (χ0) is 15.4. The third-order valence-electron chi connectivity index (χ3n) is 4.75. The lowest BCUT2D eigenvalue weighted by Crippen LogP contribution is -2.55. The zero-order valence-corrected chi connectivity index (χ0v) is 13.3. The maximum atomic E-state index is 12.1. The molecule has 2 amide bonds. The summed E-state index contributed by atoms with van der Waals surface area (Å²) < 4.78 is 0. The van der Waals surface area contributed by atoms with Crippen molar-refractivity contribution in [2.24, 2.45) is 17.6 Å². The van der Waals surface area contributed by atoms with Gasteiger partial charge in [-0.25, -0.2) is 0 Å². The van der Waals surface area contributed by atoms with Crippen molar-refractivity contribution in [2.75, 3.05) is 13.1 Å².